The number of nitrogens with zero attached hydrogens (tertiary/aromatic N) is 3. The molecule has 4 aromatic rings. The first-order valence-corrected chi connectivity index (χ1v) is 9.90. The molecule has 0 atom stereocenters. The smallest absolute Gasteiger partial charge is 0.255 e. The number of amides is 1. The van der Waals surface area contributed by atoms with E-state index in [0.717, 1.165) is 32.1 Å². The number of aromatic nitrogens is 3. The number of halogens is 1. The van der Waals surface area contributed by atoms with Gasteiger partial charge in [-0.1, -0.05) is 12.1 Å². The SMILES string of the molecule is Cc1nc(-c2ccc(NC(=O)c3ccc(-n4cc(Br)cn4)cc3)cc2)cs1. The summed E-state index contributed by atoms with van der Waals surface area (Å²) >= 11 is 5.00. The van der Waals surface area contributed by atoms with Gasteiger partial charge in [-0.05, 0) is 59.3 Å². The van der Waals surface area contributed by atoms with Gasteiger partial charge < -0.3 is 5.32 Å². The van der Waals surface area contributed by atoms with Crippen LogP contribution in [0.1, 0.15) is 15.4 Å². The van der Waals surface area contributed by atoms with E-state index in [2.05, 4.69) is 31.3 Å². The van der Waals surface area contributed by atoms with E-state index in [1.54, 1.807) is 34.3 Å². The molecule has 1 N–H and O–H groups in total. The van der Waals surface area contributed by atoms with E-state index in [4.69, 9.17) is 0 Å². The predicted octanol–water partition coefficient (Wildman–Crippen LogP) is 5.32. The standard InChI is InChI=1S/C20H15BrN4OS/c1-13-23-19(12-27-13)14-2-6-17(7-3-14)24-20(26)15-4-8-18(9-5-15)25-11-16(21)10-22-25/h2-12H,1H3,(H,24,26). The zero-order valence-corrected chi connectivity index (χ0v) is 16.8. The highest BCUT2D eigenvalue weighted by atomic mass is 79.9. The fourth-order valence-corrected chi connectivity index (χ4v) is 3.54. The average molecular weight is 439 g/mol. The Morgan fingerprint density at radius 3 is 2.44 bits per heavy atom. The number of hydrogen-bond donors (Lipinski definition) is 1. The molecule has 0 saturated carbocycles. The molecule has 2 heterocycles. The first kappa shape index (κ1) is 17.6. The van der Waals surface area contributed by atoms with Crippen LogP contribution in [0.2, 0.25) is 0 Å². The number of thiazole rings is 1. The lowest BCUT2D eigenvalue weighted by atomic mass is 10.1. The molecular weight excluding hydrogens is 424 g/mol. The number of nitrogens with one attached hydrogen (secondary N) is 1. The van der Waals surface area contributed by atoms with Crippen LogP contribution in [-0.2, 0) is 0 Å². The molecule has 0 unspecified atom stereocenters. The molecule has 134 valence electrons. The van der Waals surface area contributed by atoms with Crippen molar-refractivity contribution in [3.05, 3.63) is 81.3 Å². The highest BCUT2D eigenvalue weighted by Crippen LogP contribution is 2.23. The van der Waals surface area contributed by atoms with E-state index in [1.807, 2.05) is 54.9 Å². The van der Waals surface area contributed by atoms with Gasteiger partial charge in [-0.15, -0.1) is 11.3 Å². The van der Waals surface area contributed by atoms with Crippen molar-refractivity contribution in [2.75, 3.05) is 5.32 Å². The van der Waals surface area contributed by atoms with E-state index < -0.39 is 0 Å². The van der Waals surface area contributed by atoms with Gasteiger partial charge in [-0.25, -0.2) is 9.67 Å². The minimum absolute atomic E-state index is 0.152. The molecule has 1 amide bonds. The van der Waals surface area contributed by atoms with Gasteiger partial charge in [0.1, 0.15) is 0 Å². The monoisotopic (exact) mass is 438 g/mol. The van der Waals surface area contributed by atoms with Crippen LogP contribution >= 0.6 is 27.3 Å². The van der Waals surface area contributed by atoms with Crippen molar-refractivity contribution in [3.63, 3.8) is 0 Å². The van der Waals surface area contributed by atoms with Crippen molar-refractivity contribution in [2.45, 2.75) is 6.92 Å². The number of rotatable bonds is 4. The lowest BCUT2D eigenvalue weighted by molar-refractivity contribution is 0.102. The Labute approximate surface area is 168 Å². The predicted molar refractivity (Wildman–Crippen MR) is 112 cm³/mol. The fourth-order valence-electron chi connectivity index (χ4n) is 2.63. The Morgan fingerprint density at radius 1 is 1.11 bits per heavy atom. The Morgan fingerprint density at radius 2 is 1.85 bits per heavy atom. The molecule has 0 aliphatic carbocycles. The minimum Gasteiger partial charge on any atom is -0.322 e. The summed E-state index contributed by atoms with van der Waals surface area (Å²) in [4.78, 5) is 16.9. The summed E-state index contributed by atoms with van der Waals surface area (Å²) in [5.74, 6) is -0.152. The van der Waals surface area contributed by atoms with E-state index in [1.165, 1.54) is 0 Å². The van der Waals surface area contributed by atoms with E-state index in [9.17, 15) is 4.79 Å². The fraction of sp³-hybridized carbons (Fsp3) is 0.0500. The van der Waals surface area contributed by atoms with Crippen LogP contribution in [0.15, 0.2) is 70.8 Å². The summed E-state index contributed by atoms with van der Waals surface area (Å²) in [6.45, 7) is 1.99. The number of carbonyl (C=O) groups is 1. The van der Waals surface area contributed by atoms with Crippen molar-refractivity contribution in [3.8, 4) is 16.9 Å². The van der Waals surface area contributed by atoms with Gasteiger partial charge in [-0.3, -0.25) is 4.79 Å². The van der Waals surface area contributed by atoms with Gasteiger partial charge in [0.15, 0.2) is 0 Å². The molecule has 0 saturated heterocycles. The van der Waals surface area contributed by atoms with Crippen LogP contribution in [0.5, 0.6) is 0 Å². The summed E-state index contributed by atoms with van der Waals surface area (Å²) in [6.07, 6.45) is 3.58. The van der Waals surface area contributed by atoms with Crippen LogP contribution in [-0.4, -0.2) is 20.7 Å². The first-order chi connectivity index (χ1) is 13.1. The van der Waals surface area contributed by atoms with Crippen molar-refractivity contribution in [2.24, 2.45) is 0 Å². The topological polar surface area (TPSA) is 59.8 Å². The molecular formula is C20H15BrN4OS. The van der Waals surface area contributed by atoms with Crippen molar-refractivity contribution >= 4 is 38.9 Å². The third-order valence-electron chi connectivity index (χ3n) is 4.00. The average Bonchev–Trinajstić information content (AvgIpc) is 3.31. The highest BCUT2D eigenvalue weighted by molar-refractivity contribution is 9.10. The first-order valence-electron chi connectivity index (χ1n) is 8.23. The highest BCUT2D eigenvalue weighted by Gasteiger charge is 2.08. The second-order valence-corrected chi connectivity index (χ2v) is 7.91. The minimum atomic E-state index is -0.152. The van der Waals surface area contributed by atoms with E-state index in [0.29, 0.717) is 5.56 Å². The molecule has 2 aromatic carbocycles. The second kappa shape index (κ2) is 7.46. The van der Waals surface area contributed by atoms with Crippen molar-refractivity contribution in [1.82, 2.24) is 14.8 Å². The molecule has 4 rings (SSSR count). The molecule has 0 aliphatic rings. The van der Waals surface area contributed by atoms with Crippen molar-refractivity contribution in [1.29, 1.82) is 0 Å². The van der Waals surface area contributed by atoms with Gasteiger partial charge in [0.2, 0.25) is 0 Å². The Kier molecular flexibility index (Phi) is 4.87. The van der Waals surface area contributed by atoms with Gasteiger partial charge >= 0.3 is 0 Å². The molecule has 5 nitrogen and oxygen atoms in total. The molecule has 7 heteroatoms. The van der Waals surface area contributed by atoms with Gasteiger partial charge in [0, 0.05) is 28.4 Å². The number of aryl methyl sites for hydroxylation is 1. The van der Waals surface area contributed by atoms with Gasteiger partial charge in [-0.2, -0.15) is 5.10 Å². The lowest BCUT2D eigenvalue weighted by Gasteiger charge is -2.07. The zero-order valence-electron chi connectivity index (χ0n) is 14.4. The van der Waals surface area contributed by atoms with Crippen molar-refractivity contribution < 1.29 is 4.79 Å². The maximum absolute atomic E-state index is 12.5. The van der Waals surface area contributed by atoms with Gasteiger partial charge in [0.25, 0.3) is 5.91 Å². The Bertz CT molecular complexity index is 1080. The Hall–Kier alpha value is -2.77. The van der Waals surface area contributed by atoms with Crippen LogP contribution in [0.3, 0.4) is 0 Å². The zero-order chi connectivity index (χ0) is 18.8. The molecule has 2 aromatic heterocycles. The normalized spacial score (nSPS) is 10.7. The summed E-state index contributed by atoms with van der Waals surface area (Å²) in [7, 11) is 0. The number of carbonyl (C=O) groups excluding carboxylic acids is 1. The largest absolute Gasteiger partial charge is 0.322 e. The van der Waals surface area contributed by atoms with Crippen LogP contribution in [0.4, 0.5) is 5.69 Å². The molecule has 0 bridgehead atoms. The summed E-state index contributed by atoms with van der Waals surface area (Å²) in [6, 6.07) is 15.0. The maximum atomic E-state index is 12.5. The number of hydrogen-bond acceptors (Lipinski definition) is 4. The van der Waals surface area contributed by atoms with Gasteiger partial charge in [0.05, 0.1) is 27.1 Å². The molecule has 0 fully saturated rings. The quantitative estimate of drug-likeness (QED) is 0.468. The molecule has 0 radical (unpaired) electrons. The summed E-state index contributed by atoms with van der Waals surface area (Å²) in [5.41, 5.74) is 4.21. The number of benzene rings is 2. The summed E-state index contributed by atoms with van der Waals surface area (Å²) in [5, 5.41) is 10.2. The van der Waals surface area contributed by atoms with Crippen LogP contribution in [0.25, 0.3) is 16.9 Å². The summed E-state index contributed by atoms with van der Waals surface area (Å²) < 4.78 is 2.64. The lowest BCUT2D eigenvalue weighted by Crippen LogP contribution is -2.11. The molecule has 27 heavy (non-hydrogen) atoms. The third kappa shape index (κ3) is 3.99. The maximum Gasteiger partial charge on any atom is 0.255 e. The van der Waals surface area contributed by atoms with Crippen LogP contribution in [0, 0.1) is 6.92 Å². The molecule has 0 aliphatic heterocycles. The number of anilines is 1. The third-order valence-corrected chi connectivity index (χ3v) is 5.19. The van der Waals surface area contributed by atoms with Crippen LogP contribution < -0.4 is 5.32 Å². The molecule has 0 spiro atoms. The van der Waals surface area contributed by atoms with E-state index >= 15 is 0 Å². The second-order valence-electron chi connectivity index (χ2n) is 5.93. The Balaban J connectivity index is 1.45. The van der Waals surface area contributed by atoms with E-state index in [-0.39, 0.29) is 5.91 Å².